The van der Waals surface area contributed by atoms with E-state index in [2.05, 4.69) is 0 Å². The van der Waals surface area contributed by atoms with E-state index >= 15 is 0 Å². The van der Waals surface area contributed by atoms with Gasteiger partial charge < -0.3 is 4.90 Å². The van der Waals surface area contributed by atoms with Crippen LogP contribution >= 0.6 is 0 Å². The number of alkyl halides is 3. The zero-order valence-electron chi connectivity index (χ0n) is 15.4. The highest BCUT2D eigenvalue weighted by Crippen LogP contribution is 2.35. The average Bonchev–Trinajstić information content (AvgIpc) is 2.72. The van der Waals surface area contributed by atoms with E-state index < -0.39 is 37.5 Å². The Labute approximate surface area is 169 Å². The molecule has 0 spiro atoms. The van der Waals surface area contributed by atoms with E-state index in [1.807, 2.05) is 0 Å². The van der Waals surface area contributed by atoms with Crippen molar-refractivity contribution in [2.75, 3.05) is 26.2 Å². The van der Waals surface area contributed by atoms with Crippen molar-refractivity contribution in [1.82, 2.24) is 9.21 Å². The number of carbonyl (C=O) groups is 1. The van der Waals surface area contributed by atoms with Gasteiger partial charge in [-0.2, -0.15) is 17.5 Å². The molecule has 1 saturated heterocycles. The van der Waals surface area contributed by atoms with Crippen molar-refractivity contribution in [3.8, 4) is 0 Å². The fourth-order valence-corrected chi connectivity index (χ4v) is 4.77. The smallest absolute Gasteiger partial charge is 0.336 e. The van der Waals surface area contributed by atoms with Gasteiger partial charge in [-0.3, -0.25) is 14.9 Å². The zero-order chi connectivity index (χ0) is 22.1. The summed E-state index contributed by atoms with van der Waals surface area (Å²) in [5.41, 5.74) is -1.44. The molecule has 2 aromatic rings. The molecule has 2 aromatic carbocycles. The number of rotatable bonds is 4. The van der Waals surface area contributed by atoms with Crippen molar-refractivity contribution in [1.29, 1.82) is 0 Å². The minimum Gasteiger partial charge on any atom is -0.336 e. The second-order valence-electron chi connectivity index (χ2n) is 6.50. The summed E-state index contributed by atoms with van der Waals surface area (Å²) in [4.78, 5) is 23.3. The molecule has 1 fully saturated rings. The van der Waals surface area contributed by atoms with Crippen LogP contribution in [0.15, 0.2) is 53.4 Å². The molecule has 160 valence electrons. The number of sulfonamides is 1. The molecule has 0 unspecified atom stereocenters. The highest BCUT2D eigenvalue weighted by atomic mass is 32.2. The second-order valence-corrected chi connectivity index (χ2v) is 8.40. The number of amides is 1. The SMILES string of the molecule is O=C(c1cccc([N+](=O)[O-])c1)N1CCN(S(=O)(=O)c2ccccc2C(F)(F)F)CC1. The van der Waals surface area contributed by atoms with Crippen LogP contribution in [0.5, 0.6) is 0 Å². The summed E-state index contributed by atoms with van der Waals surface area (Å²) >= 11 is 0. The van der Waals surface area contributed by atoms with Crippen LogP contribution in [0.2, 0.25) is 0 Å². The standard InChI is InChI=1S/C18H16F3N3O5S/c19-18(20,21)15-6-1-2-7-16(15)30(28,29)23-10-8-22(9-11-23)17(25)13-4-3-5-14(12-13)24(26)27/h1-7,12H,8-11H2. The summed E-state index contributed by atoms with van der Waals surface area (Å²) in [7, 11) is -4.42. The number of nitro benzene ring substituents is 1. The average molecular weight is 443 g/mol. The number of benzene rings is 2. The Balaban J connectivity index is 1.77. The molecular weight excluding hydrogens is 427 g/mol. The fraction of sp³-hybridized carbons (Fsp3) is 0.278. The van der Waals surface area contributed by atoms with Crippen molar-refractivity contribution in [2.24, 2.45) is 0 Å². The van der Waals surface area contributed by atoms with Gasteiger partial charge in [0.25, 0.3) is 11.6 Å². The monoisotopic (exact) mass is 443 g/mol. The lowest BCUT2D eigenvalue weighted by molar-refractivity contribution is -0.384. The maximum absolute atomic E-state index is 13.2. The molecule has 0 aliphatic carbocycles. The third kappa shape index (κ3) is 4.28. The maximum atomic E-state index is 13.2. The summed E-state index contributed by atoms with van der Waals surface area (Å²) in [6.45, 7) is -0.520. The number of hydrogen-bond donors (Lipinski definition) is 0. The third-order valence-electron chi connectivity index (χ3n) is 4.64. The van der Waals surface area contributed by atoms with Crippen LogP contribution in [0, 0.1) is 10.1 Å². The molecule has 12 heteroatoms. The summed E-state index contributed by atoms with van der Waals surface area (Å²) in [6.07, 6.45) is -4.83. The van der Waals surface area contributed by atoms with Crippen LogP contribution in [0.1, 0.15) is 15.9 Å². The maximum Gasteiger partial charge on any atom is 0.417 e. The van der Waals surface area contributed by atoms with Gasteiger partial charge in [0.2, 0.25) is 10.0 Å². The van der Waals surface area contributed by atoms with Gasteiger partial charge in [0.15, 0.2) is 0 Å². The largest absolute Gasteiger partial charge is 0.417 e. The van der Waals surface area contributed by atoms with Gasteiger partial charge in [0.05, 0.1) is 15.4 Å². The lowest BCUT2D eigenvalue weighted by Crippen LogP contribution is -2.50. The Bertz CT molecular complexity index is 1080. The van der Waals surface area contributed by atoms with Crippen LogP contribution in [0.3, 0.4) is 0 Å². The minimum absolute atomic E-state index is 0.0606. The molecule has 0 N–H and O–H groups in total. The molecule has 3 rings (SSSR count). The molecule has 30 heavy (non-hydrogen) atoms. The van der Waals surface area contributed by atoms with Crippen LogP contribution < -0.4 is 0 Å². The quantitative estimate of drug-likeness (QED) is 0.534. The first kappa shape index (κ1) is 21.7. The van der Waals surface area contributed by atoms with Crippen LogP contribution in [-0.2, 0) is 16.2 Å². The lowest BCUT2D eigenvalue weighted by atomic mass is 10.1. The minimum atomic E-state index is -4.83. The number of piperazine rings is 1. The first-order chi connectivity index (χ1) is 14.0. The van der Waals surface area contributed by atoms with E-state index in [-0.39, 0.29) is 37.4 Å². The first-order valence-corrected chi connectivity index (χ1v) is 10.2. The van der Waals surface area contributed by atoms with Crippen LogP contribution in [-0.4, -0.2) is 54.6 Å². The normalized spacial score (nSPS) is 15.8. The van der Waals surface area contributed by atoms with Gasteiger partial charge in [-0.05, 0) is 18.2 Å². The second kappa shape index (κ2) is 8.03. The van der Waals surface area contributed by atoms with Gasteiger partial charge in [0, 0.05) is 43.9 Å². The van der Waals surface area contributed by atoms with Crippen molar-refractivity contribution < 1.29 is 31.3 Å². The van der Waals surface area contributed by atoms with Crippen LogP contribution in [0.25, 0.3) is 0 Å². The van der Waals surface area contributed by atoms with Crippen molar-refractivity contribution in [3.63, 3.8) is 0 Å². The molecule has 0 aromatic heterocycles. The van der Waals surface area contributed by atoms with E-state index in [9.17, 15) is 36.5 Å². The zero-order valence-corrected chi connectivity index (χ0v) is 16.2. The highest BCUT2D eigenvalue weighted by molar-refractivity contribution is 7.89. The summed E-state index contributed by atoms with van der Waals surface area (Å²) in [5.74, 6) is -0.522. The molecule has 1 aliphatic heterocycles. The number of non-ortho nitro benzene ring substituents is 1. The molecule has 1 amide bonds. The molecule has 0 atom stereocenters. The summed E-state index contributed by atoms with van der Waals surface area (Å²) in [6, 6.07) is 9.04. The third-order valence-corrected chi connectivity index (χ3v) is 6.60. The number of nitro groups is 1. The van der Waals surface area contributed by atoms with E-state index in [1.165, 1.54) is 29.2 Å². The van der Waals surface area contributed by atoms with Gasteiger partial charge in [-0.25, -0.2) is 8.42 Å². The van der Waals surface area contributed by atoms with E-state index in [1.54, 1.807) is 0 Å². The number of carbonyl (C=O) groups excluding carboxylic acids is 1. The molecule has 0 radical (unpaired) electrons. The fourth-order valence-electron chi connectivity index (χ4n) is 3.13. The number of halogens is 3. The molecule has 8 nitrogen and oxygen atoms in total. The topological polar surface area (TPSA) is 101 Å². The summed E-state index contributed by atoms with van der Waals surface area (Å²) < 4.78 is 66.1. The van der Waals surface area contributed by atoms with Crippen molar-refractivity contribution in [2.45, 2.75) is 11.1 Å². The Hall–Kier alpha value is -2.99. The number of nitrogens with zero attached hydrogens (tertiary/aromatic N) is 3. The van der Waals surface area contributed by atoms with Gasteiger partial charge >= 0.3 is 6.18 Å². The van der Waals surface area contributed by atoms with E-state index in [0.29, 0.717) is 6.07 Å². The predicted molar refractivity (Wildman–Crippen MR) is 99.2 cm³/mol. The van der Waals surface area contributed by atoms with Crippen LogP contribution in [0.4, 0.5) is 18.9 Å². The predicted octanol–water partition coefficient (Wildman–Crippen LogP) is 2.76. The first-order valence-electron chi connectivity index (χ1n) is 8.72. The van der Waals surface area contributed by atoms with Gasteiger partial charge in [-0.15, -0.1) is 0 Å². The van der Waals surface area contributed by atoms with Gasteiger partial charge in [-0.1, -0.05) is 18.2 Å². The molecule has 0 saturated carbocycles. The van der Waals surface area contributed by atoms with E-state index in [4.69, 9.17) is 0 Å². The number of hydrogen-bond acceptors (Lipinski definition) is 5. The molecule has 1 aliphatic rings. The summed E-state index contributed by atoms with van der Waals surface area (Å²) in [5, 5.41) is 10.9. The highest BCUT2D eigenvalue weighted by Gasteiger charge is 2.39. The molecule has 0 bridgehead atoms. The Morgan fingerprint density at radius 1 is 1.00 bits per heavy atom. The Morgan fingerprint density at radius 2 is 1.63 bits per heavy atom. The molecule has 1 heterocycles. The lowest BCUT2D eigenvalue weighted by Gasteiger charge is -2.34. The van der Waals surface area contributed by atoms with Gasteiger partial charge in [0.1, 0.15) is 0 Å². The van der Waals surface area contributed by atoms with Crippen molar-refractivity contribution >= 4 is 21.6 Å². The van der Waals surface area contributed by atoms with E-state index in [0.717, 1.165) is 22.5 Å². The Morgan fingerprint density at radius 3 is 2.23 bits per heavy atom. The Kier molecular flexibility index (Phi) is 5.81. The molecular formula is C18H16F3N3O5S. The van der Waals surface area contributed by atoms with Crippen molar-refractivity contribution in [3.05, 3.63) is 69.8 Å².